The fourth-order valence-corrected chi connectivity index (χ4v) is 1.17. The number of carbonyl (C=O) groups excluding carboxylic acids is 1. The van der Waals surface area contributed by atoms with E-state index in [1.54, 1.807) is 12.3 Å². The smallest absolute Gasteiger partial charge is 0.247 e. The Balaban J connectivity index is 2.44. The van der Waals surface area contributed by atoms with E-state index in [0.29, 0.717) is 0 Å². The minimum Gasteiger partial charge on any atom is -0.329 e. The zero-order valence-corrected chi connectivity index (χ0v) is 9.33. The second-order valence-corrected chi connectivity index (χ2v) is 3.53. The summed E-state index contributed by atoms with van der Waals surface area (Å²) in [4.78, 5) is 11.2. The molecule has 1 aromatic carbocycles. The molecule has 1 rings (SSSR count). The molecule has 0 aliphatic heterocycles. The Morgan fingerprint density at radius 2 is 2.07 bits per heavy atom. The van der Waals surface area contributed by atoms with Crippen LogP contribution in [-0.4, -0.2) is 12.2 Å². The van der Waals surface area contributed by atoms with Crippen molar-refractivity contribution in [3.05, 3.63) is 53.6 Å². The fourth-order valence-electron chi connectivity index (χ4n) is 0.968. The van der Waals surface area contributed by atoms with Gasteiger partial charge in [-0.1, -0.05) is 30.3 Å². The summed E-state index contributed by atoms with van der Waals surface area (Å²) in [5, 5.41) is 4.44. The molecule has 0 unspecified atom stereocenters. The van der Waals surface area contributed by atoms with Gasteiger partial charge in [0.15, 0.2) is 0 Å². The van der Waals surface area contributed by atoms with Crippen LogP contribution in [0.1, 0.15) is 5.56 Å². The lowest BCUT2D eigenvalue weighted by Gasteiger charge is -1.93. The largest absolute Gasteiger partial charge is 0.329 e. The summed E-state index contributed by atoms with van der Waals surface area (Å²) >= 11 is 1.54. The predicted octanol–water partition coefficient (Wildman–Crippen LogP) is 2.65. The van der Waals surface area contributed by atoms with E-state index in [4.69, 9.17) is 0 Å². The number of hydrogen-bond acceptors (Lipinski definition) is 2. The molecule has 0 fully saturated rings. The van der Waals surface area contributed by atoms with Crippen LogP contribution >= 0.6 is 11.8 Å². The van der Waals surface area contributed by atoms with Crippen molar-refractivity contribution in [2.45, 2.75) is 0 Å². The average molecular weight is 219 g/mol. The van der Waals surface area contributed by atoms with Gasteiger partial charge in [-0.3, -0.25) is 4.79 Å². The lowest BCUT2D eigenvalue weighted by molar-refractivity contribution is -0.115. The summed E-state index contributed by atoms with van der Waals surface area (Å²) in [7, 11) is 0. The molecule has 0 spiro atoms. The third-order valence-corrected chi connectivity index (χ3v) is 2.06. The van der Waals surface area contributed by atoms with Crippen LogP contribution < -0.4 is 5.32 Å². The van der Waals surface area contributed by atoms with Gasteiger partial charge in [-0.15, -0.1) is 11.8 Å². The lowest BCUT2D eigenvalue weighted by Crippen LogP contribution is -2.12. The van der Waals surface area contributed by atoms with Crippen molar-refractivity contribution in [2.24, 2.45) is 0 Å². The molecule has 1 amide bonds. The standard InChI is InChI=1S/C12H13NOS/c1-15-10-9-13-12(14)8-7-11-5-3-2-4-6-11/h2-10H,1H3,(H,13,14). The SMILES string of the molecule is CSC=CNC(=O)C=Cc1ccccc1. The molecule has 0 aliphatic rings. The summed E-state index contributed by atoms with van der Waals surface area (Å²) in [5.74, 6) is -0.121. The minimum atomic E-state index is -0.121. The van der Waals surface area contributed by atoms with Crippen LogP contribution in [0.15, 0.2) is 48.0 Å². The van der Waals surface area contributed by atoms with Crippen molar-refractivity contribution in [3.63, 3.8) is 0 Å². The highest BCUT2D eigenvalue weighted by atomic mass is 32.2. The molecule has 0 saturated heterocycles. The number of rotatable bonds is 4. The first-order valence-corrected chi connectivity index (χ1v) is 5.83. The van der Waals surface area contributed by atoms with E-state index < -0.39 is 0 Å². The predicted molar refractivity (Wildman–Crippen MR) is 66.3 cm³/mol. The molecule has 0 aliphatic carbocycles. The monoisotopic (exact) mass is 219 g/mol. The third-order valence-electron chi connectivity index (χ3n) is 1.66. The topological polar surface area (TPSA) is 29.1 Å². The van der Waals surface area contributed by atoms with Gasteiger partial charge in [-0.05, 0) is 23.3 Å². The molecule has 3 heteroatoms. The Hall–Kier alpha value is -1.48. The molecule has 0 radical (unpaired) electrons. The van der Waals surface area contributed by atoms with Gasteiger partial charge in [-0.2, -0.15) is 0 Å². The molecule has 15 heavy (non-hydrogen) atoms. The summed E-state index contributed by atoms with van der Waals surface area (Å²) in [6, 6.07) is 9.71. The summed E-state index contributed by atoms with van der Waals surface area (Å²) in [6.07, 6.45) is 6.85. The van der Waals surface area contributed by atoms with Crippen LogP contribution in [-0.2, 0) is 4.79 Å². The van der Waals surface area contributed by atoms with Crippen LogP contribution in [0.4, 0.5) is 0 Å². The van der Waals surface area contributed by atoms with E-state index in [-0.39, 0.29) is 5.91 Å². The molecular weight excluding hydrogens is 206 g/mol. The van der Waals surface area contributed by atoms with Crippen molar-refractivity contribution in [1.29, 1.82) is 0 Å². The van der Waals surface area contributed by atoms with Gasteiger partial charge < -0.3 is 5.32 Å². The van der Waals surface area contributed by atoms with Crippen LogP contribution in [0.2, 0.25) is 0 Å². The Morgan fingerprint density at radius 3 is 2.73 bits per heavy atom. The lowest BCUT2D eigenvalue weighted by atomic mass is 10.2. The van der Waals surface area contributed by atoms with Gasteiger partial charge in [0.1, 0.15) is 0 Å². The Bertz CT molecular complexity index is 357. The molecule has 1 N–H and O–H groups in total. The van der Waals surface area contributed by atoms with Gasteiger partial charge >= 0.3 is 0 Å². The van der Waals surface area contributed by atoms with Gasteiger partial charge in [0.2, 0.25) is 5.91 Å². The average Bonchev–Trinajstić information content (AvgIpc) is 2.28. The molecule has 0 heterocycles. The number of amides is 1. The first-order valence-electron chi connectivity index (χ1n) is 4.54. The van der Waals surface area contributed by atoms with E-state index in [0.717, 1.165) is 5.56 Å². The molecular formula is C12H13NOS. The minimum absolute atomic E-state index is 0.121. The van der Waals surface area contributed by atoms with Crippen LogP contribution in [0.25, 0.3) is 6.08 Å². The Kier molecular flexibility index (Phi) is 5.33. The molecule has 0 aromatic heterocycles. The maximum Gasteiger partial charge on any atom is 0.247 e. The highest BCUT2D eigenvalue weighted by molar-refractivity contribution is 8.01. The van der Waals surface area contributed by atoms with Gasteiger partial charge in [0.25, 0.3) is 0 Å². The van der Waals surface area contributed by atoms with Crippen molar-refractivity contribution in [3.8, 4) is 0 Å². The normalized spacial score (nSPS) is 11.0. The van der Waals surface area contributed by atoms with Crippen LogP contribution in [0.5, 0.6) is 0 Å². The van der Waals surface area contributed by atoms with Crippen LogP contribution in [0.3, 0.4) is 0 Å². The number of thioether (sulfide) groups is 1. The maximum atomic E-state index is 11.2. The van der Waals surface area contributed by atoms with E-state index in [9.17, 15) is 4.79 Å². The van der Waals surface area contributed by atoms with Crippen LogP contribution in [0, 0.1) is 0 Å². The number of hydrogen-bond donors (Lipinski definition) is 1. The quantitative estimate of drug-likeness (QED) is 0.789. The molecule has 0 atom stereocenters. The highest BCUT2D eigenvalue weighted by Crippen LogP contribution is 2.00. The molecule has 1 aromatic rings. The second kappa shape index (κ2) is 6.90. The van der Waals surface area contributed by atoms with Crippen molar-refractivity contribution in [1.82, 2.24) is 5.32 Å². The van der Waals surface area contributed by atoms with Crippen molar-refractivity contribution < 1.29 is 4.79 Å². The van der Waals surface area contributed by atoms with Crippen molar-refractivity contribution >= 4 is 23.7 Å². The van der Waals surface area contributed by atoms with E-state index in [2.05, 4.69) is 5.32 Å². The maximum absolute atomic E-state index is 11.2. The fraction of sp³-hybridized carbons (Fsp3) is 0.0833. The van der Waals surface area contributed by atoms with Gasteiger partial charge in [-0.25, -0.2) is 0 Å². The van der Waals surface area contributed by atoms with E-state index in [1.807, 2.05) is 42.0 Å². The van der Waals surface area contributed by atoms with Crippen molar-refractivity contribution in [2.75, 3.05) is 6.26 Å². The van der Waals surface area contributed by atoms with Gasteiger partial charge in [0.05, 0.1) is 0 Å². The number of benzene rings is 1. The first-order chi connectivity index (χ1) is 7.33. The second-order valence-electron chi connectivity index (χ2n) is 2.79. The van der Waals surface area contributed by atoms with E-state index >= 15 is 0 Å². The summed E-state index contributed by atoms with van der Waals surface area (Å²) < 4.78 is 0. The molecule has 78 valence electrons. The zero-order valence-electron chi connectivity index (χ0n) is 8.51. The molecule has 0 bridgehead atoms. The molecule has 0 saturated carbocycles. The zero-order chi connectivity index (χ0) is 10.9. The first kappa shape index (κ1) is 11.6. The van der Waals surface area contributed by atoms with Gasteiger partial charge in [0, 0.05) is 12.3 Å². The number of carbonyl (C=O) groups is 1. The number of nitrogens with one attached hydrogen (secondary N) is 1. The highest BCUT2D eigenvalue weighted by Gasteiger charge is 1.89. The Morgan fingerprint density at radius 1 is 1.33 bits per heavy atom. The molecule has 2 nitrogen and oxygen atoms in total. The summed E-state index contributed by atoms with van der Waals surface area (Å²) in [6.45, 7) is 0. The third kappa shape index (κ3) is 5.08. The summed E-state index contributed by atoms with van der Waals surface area (Å²) in [5.41, 5.74) is 1.02. The Labute approximate surface area is 94.1 Å². The van der Waals surface area contributed by atoms with E-state index in [1.165, 1.54) is 17.8 Å².